The van der Waals surface area contributed by atoms with Crippen molar-refractivity contribution in [3.63, 3.8) is 0 Å². The molecule has 1 heterocycles. The zero-order chi connectivity index (χ0) is 20.5. The van der Waals surface area contributed by atoms with E-state index < -0.39 is 0 Å². The van der Waals surface area contributed by atoms with Gasteiger partial charge in [-0.05, 0) is 30.7 Å². The van der Waals surface area contributed by atoms with Gasteiger partial charge in [-0.1, -0.05) is 24.3 Å². The summed E-state index contributed by atoms with van der Waals surface area (Å²) >= 11 is 0. The molecule has 0 atom stereocenters. The Hall–Kier alpha value is -2.80. The van der Waals surface area contributed by atoms with Gasteiger partial charge in [0.25, 0.3) is 0 Å². The van der Waals surface area contributed by atoms with Crippen molar-refractivity contribution in [2.45, 2.75) is 20.0 Å². The van der Waals surface area contributed by atoms with E-state index in [1.807, 2.05) is 48.2 Å². The maximum Gasteiger partial charge on any atom is 0.191 e. The molecule has 1 aliphatic heterocycles. The smallest absolute Gasteiger partial charge is 0.191 e. The van der Waals surface area contributed by atoms with Gasteiger partial charge in [-0.15, -0.1) is 0 Å². The second kappa shape index (κ2) is 10.7. The van der Waals surface area contributed by atoms with Crippen molar-refractivity contribution in [3.05, 3.63) is 59.4 Å². The molecule has 0 aromatic heterocycles. The topological polar surface area (TPSA) is 58.1 Å². The quantitative estimate of drug-likeness (QED) is 0.553. The van der Waals surface area contributed by atoms with Crippen molar-refractivity contribution in [1.82, 2.24) is 10.6 Å². The van der Waals surface area contributed by atoms with Crippen LogP contribution in [0.25, 0.3) is 0 Å². The zero-order valence-electron chi connectivity index (χ0n) is 17.1. The van der Waals surface area contributed by atoms with Gasteiger partial charge in [0.05, 0.1) is 25.5 Å². The number of para-hydroxylation sites is 1. The Kier molecular flexibility index (Phi) is 7.69. The van der Waals surface area contributed by atoms with Crippen LogP contribution >= 0.6 is 0 Å². The number of benzene rings is 2. The Balaban J connectivity index is 1.55. The van der Waals surface area contributed by atoms with Gasteiger partial charge in [0, 0.05) is 38.8 Å². The molecule has 2 aromatic carbocycles. The second-order valence-corrected chi connectivity index (χ2v) is 6.71. The van der Waals surface area contributed by atoms with E-state index in [4.69, 9.17) is 9.47 Å². The van der Waals surface area contributed by atoms with Gasteiger partial charge in [-0.2, -0.15) is 0 Å². The van der Waals surface area contributed by atoms with E-state index >= 15 is 0 Å². The minimum atomic E-state index is -0.209. The largest absolute Gasteiger partial charge is 0.494 e. The molecule has 7 heteroatoms. The predicted molar refractivity (Wildman–Crippen MR) is 114 cm³/mol. The highest BCUT2D eigenvalue weighted by molar-refractivity contribution is 5.79. The van der Waals surface area contributed by atoms with Crippen LogP contribution in [0.2, 0.25) is 0 Å². The Bertz CT molecular complexity index is 822. The lowest BCUT2D eigenvalue weighted by atomic mass is 10.1. The van der Waals surface area contributed by atoms with Crippen molar-refractivity contribution in [2.24, 2.45) is 4.99 Å². The van der Waals surface area contributed by atoms with Crippen LogP contribution in [-0.4, -0.2) is 45.9 Å². The molecule has 0 unspecified atom stereocenters. The molecule has 1 fully saturated rings. The first kappa shape index (κ1) is 20.9. The molecule has 0 aliphatic carbocycles. The minimum Gasteiger partial charge on any atom is -0.494 e. The number of halogens is 1. The van der Waals surface area contributed by atoms with Gasteiger partial charge >= 0.3 is 0 Å². The first-order valence-corrected chi connectivity index (χ1v) is 9.97. The number of aliphatic imine (C=N–C) groups is 1. The molecule has 6 nitrogen and oxygen atoms in total. The van der Waals surface area contributed by atoms with Crippen molar-refractivity contribution >= 4 is 11.6 Å². The lowest BCUT2D eigenvalue weighted by Crippen LogP contribution is -2.37. The fourth-order valence-electron chi connectivity index (χ4n) is 3.25. The number of rotatable bonds is 7. The summed E-state index contributed by atoms with van der Waals surface area (Å²) in [6.45, 7) is 6.36. The number of hydrogen-bond acceptors (Lipinski definition) is 4. The van der Waals surface area contributed by atoms with E-state index in [9.17, 15) is 4.39 Å². The lowest BCUT2D eigenvalue weighted by Gasteiger charge is -2.29. The van der Waals surface area contributed by atoms with Crippen LogP contribution in [-0.2, 0) is 17.8 Å². The number of ether oxygens (including phenoxy) is 2. The SMILES string of the molecule is CCOc1ccccc1CNC(=NC)NCc1ccc(N2CCOCC2)c(F)c1. The summed E-state index contributed by atoms with van der Waals surface area (Å²) in [7, 11) is 1.71. The molecule has 0 saturated carbocycles. The minimum absolute atomic E-state index is 0.209. The predicted octanol–water partition coefficient (Wildman–Crippen LogP) is 2.93. The Morgan fingerprint density at radius 1 is 1.14 bits per heavy atom. The van der Waals surface area contributed by atoms with Crippen LogP contribution < -0.4 is 20.3 Å². The Morgan fingerprint density at radius 2 is 1.90 bits per heavy atom. The number of anilines is 1. The summed E-state index contributed by atoms with van der Waals surface area (Å²) in [5, 5.41) is 6.51. The summed E-state index contributed by atoms with van der Waals surface area (Å²) < 4.78 is 25.5. The van der Waals surface area contributed by atoms with Crippen LogP contribution in [0.15, 0.2) is 47.5 Å². The van der Waals surface area contributed by atoms with Gasteiger partial charge in [0.15, 0.2) is 5.96 Å². The maximum absolute atomic E-state index is 14.6. The van der Waals surface area contributed by atoms with E-state index in [1.165, 1.54) is 0 Å². The summed E-state index contributed by atoms with van der Waals surface area (Å²) in [5.41, 5.74) is 2.54. The van der Waals surface area contributed by atoms with E-state index in [2.05, 4.69) is 15.6 Å². The molecule has 156 valence electrons. The average molecular weight is 400 g/mol. The molecule has 3 rings (SSSR count). The standard InChI is InChI=1S/C22H29FN4O2/c1-3-29-21-7-5-4-6-18(21)16-26-22(24-2)25-15-17-8-9-20(19(23)14-17)27-10-12-28-13-11-27/h4-9,14H,3,10-13,15-16H2,1-2H3,(H2,24,25,26). The van der Waals surface area contributed by atoms with Crippen LogP contribution in [0.3, 0.4) is 0 Å². The first-order valence-electron chi connectivity index (χ1n) is 9.97. The third-order valence-corrected chi connectivity index (χ3v) is 4.77. The third kappa shape index (κ3) is 5.84. The van der Waals surface area contributed by atoms with Crippen molar-refractivity contribution in [3.8, 4) is 5.75 Å². The van der Waals surface area contributed by atoms with E-state index in [-0.39, 0.29) is 5.82 Å². The van der Waals surface area contributed by atoms with Crippen molar-refractivity contribution in [1.29, 1.82) is 0 Å². The Morgan fingerprint density at radius 3 is 2.62 bits per heavy atom. The van der Waals surface area contributed by atoms with Crippen LogP contribution in [0.1, 0.15) is 18.1 Å². The molecule has 0 radical (unpaired) electrons. The molecule has 2 N–H and O–H groups in total. The molecule has 0 bridgehead atoms. The highest BCUT2D eigenvalue weighted by Gasteiger charge is 2.15. The Labute approximate surface area is 171 Å². The second-order valence-electron chi connectivity index (χ2n) is 6.71. The molecular formula is C22H29FN4O2. The molecule has 0 amide bonds. The molecule has 2 aromatic rings. The molecular weight excluding hydrogens is 371 g/mol. The van der Waals surface area contributed by atoms with Gasteiger partial charge in [0.1, 0.15) is 11.6 Å². The highest BCUT2D eigenvalue weighted by atomic mass is 19.1. The number of nitrogens with zero attached hydrogens (tertiary/aromatic N) is 2. The normalized spacial score (nSPS) is 14.6. The summed E-state index contributed by atoms with van der Waals surface area (Å²) in [6.07, 6.45) is 0. The van der Waals surface area contributed by atoms with E-state index in [1.54, 1.807) is 13.1 Å². The first-order chi connectivity index (χ1) is 14.2. The number of morpholine rings is 1. The van der Waals surface area contributed by atoms with Crippen LogP contribution in [0.5, 0.6) is 5.75 Å². The molecule has 29 heavy (non-hydrogen) atoms. The van der Waals surface area contributed by atoms with Gasteiger partial charge in [-0.25, -0.2) is 4.39 Å². The van der Waals surface area contributed by atoms with E-state index in [0.29, 0.717) is 57.6 Å². The fraction of sp³-hybridized carbons (Fsp3) is 0.409. The third-order valence-electron chi connectivity index (χ3n) is 4.77. The van der Waals surface area contributed by atoms with Gasteiger partial charge in [-0.3, -0.25) is 4.99 Å². The molecule has 1 saturated heterocycles. The summed E-state index contributed by atoms with van der Waals surface area (Å²) in [4.78, 5) is 6.27. The van der Waals surface area contributed by atoms with Gasteiger partial charge < -0.3 is 25.0 Å². The maximum atomic E-state index is 14.6. The number of hydrogen-bond donors (Lipinski definition) is 2. The number of nitrogens with one attached hydrogen (secondary N) is 2. The van der Waals surface area contributed by atoms with Crippen molar-refractivity contribution < 1.29 is 13.9 Å². The number of guanidine groups is 1. The van der Waals surface area contributed by atoms with E-state index in [0.717, 1.165) is 16.9 Å². The lowest BCUT2D eigenvalue weighted by molar-refractivity contribution is 0.122. The summed E-state index contributed by atoms with van der Waals surface area (Å²) in [5.74, 6) is 1.30. The fourth-order valence-corrected chi connectivity index (χ4v) is 3.25. The van der Waals surface area contributed by atoms with Crippen LogP contribution in [0, 0.1) is 5.82 Å². The monoisotopic (exact) mass is 400 g/mol. The van der Waals surface area contributed by atoms with Crippen LogP contribution in [0.4, 0.5) is 10.1 Å². The van der Waals surface area contributed by atoms with Crippen molar-refractivity contribution in [2.75, 3.05) is 44.9 Å². The average Bonchev–Trinajstić information content (AvgIpc) is 2.76. The molecule has 0 spiro atoms. The highest BCUT2D eigenvalue weighted by Crippen LogP contribution is 2.21. The zero-order valence-corrected chi connectivity index (χ0v) is 17.1. The molecule has 1 aliphatic rings. The summed E-state index contributed by atoms with van der Waals surface area (Å²) in [6, 6.07) is 13.3. The van der Waals surface area contributed by atoms with Gasteiger partial charge in [0.2, 0.25) is 0 Å².